The first-order valence-electron chi connectivity index (χ1n) is 8.22. The quantitative estimate of drug-likeness (QED) is 0.915. The molecule has 3 nitrogen and oxygen atoms in total. The van der Waals surface area contributed by atoms with Gasteiger partial charge in [0.05, 0.1) is 5.56 Å². The van der Waals surface area contributed by atoms with Crippen LogP contribution in [0.25, 0.3) is 0 Å². The van der Waals surface area contributed by atoms with E-state index in [1.165, 1.54) is 51.5 Å². The first-order chi connectivity index (χ1) is 10.2. The Hall–Kier alpha value is -1.35. The summed E-state index contributed by atoms with van der Waals surface area (Å²) < 4.78 is 0. The molecule has 0 unspecified atom stereocenters. The molecule has 1 aromatic carbocycles. The van der Waals surface area contributed by atoms with Crippen LogP contribution in [0.5, 0.6) is 0 Å². The third-order valence-corrected chi connectivity index (χ3v) is 5.23. The Kier molecular flexibility index (Phi) is 4.29. The summed E-state index contributed by atoms with van der Waals surface area (Å²) in [6, 6.07) is 7.41. The van der Waals surface area contributed by atoms with Crippen LogP contribution in [0.1, 0.15) is 60.9 Å². The molecule has 1 aromatic rings. The number of benzene rings is 1. The van der Waals surface area contributed by atoms with Crippen LogP contribution in [0, 0.1) is 5.41 Å². The van der Waals surface area contributed by atoms with Gasteiger partial charge in [0.15, 0.2) is 0 Å². The lowest BCUT2D eigenvalue weighted by Crippen LogP contribution is -2.43. The standard InChI is InChI=1S/C18H25NO2/c20-17(21)16-7-4-6-15(12-16)13-19-11-5-10-18(14-19)8-2-1-3-9-18/h4,6-7,12H,1-3,5,8-11,13-14H2,(H,20,21). The number of hydrogen-bond donors (Lipinski definition) is 1. The van der Waals surface area contributed by atoms with Crippen molar-refractivity contribution in [3.63, 3.8) is 0 Å². The summed E-state index contributed by atoms with van der Waals surface area (Å²) >= 11 is 0. The number of piperidine rings is 1. The normalized spacial score (nSPS) is 22.3. The molecule has 3 rings (SSSR count). The van der Waals surface area contributed by atoms with Crippen molar-refractivity contribution in [2.75, 3.05) is 13.1 Å². The van der Waals surface area contributed by atoms with E-state index in [0.717, 1.165) is 18.7 Å². The van der Waals surface area contributed by atoms with Gasteiger partial charge in [0.2, 0.25) is 0 Å². The van der Waals surface area contributed by atoms with Gasteiger partial charge in [-0.1, -0.05) is 31.4 Å². The highest BCUT2D eigenvalue weighted by molar-refractivity contribution is 5.87. The van der Waals surface area contributed by atoms with Crippen LogP contribution in [-0.2, 0) is 6.54 Å². The zero-order chi connectivity index (χ0) is 14.7. The van der Waals surface area contributed by atoms with Crippen LogP contribution < -0.4 is 0 Å². The Morgan fingerprint density at radius 2 is 1.90 bits per heavy atom. The van der Waals surface area contributed by atoms with Crippen molar-refractivity contribution in [1.29, 1.82) is 0 Å². The van der Waals surface area contributed by atoms with Gasteiger partial charge >= 0.3 is 5.97 Å². The van der Waals surface area contributed by atoms with Crippen LogP contribution in [0.15, 0.2) is 24.3 Å². The number of likely N-dealkylation sites (tertiary alicyclic amines) is 1. The number of aromatic carboxylic acids is 1. The van der Waals surface area contributed by atoms with Crippen molar-refractivity contribution < 1.29 is 9.90 Å². The van der Waals surface area contributed by atoms with Gasteiger partial charge in [0.25, 0.3) is 0 Å². The molecule has 1 spiro atoms. The van der Waals surface area contributed by atoms with E-state index in [0.29, 0.717) is 11.0 Å². The smallest absolute Gasteiger partial charge is 0.335 e. The number of rotatable bonds is 3. The van der Waals surface area contributed by atoms with Crippen LogP contribution in [0.2, 0.25) is 0 Å². The maximum Gasteiger partial charge on any atom is 0.335 e. The Balaban J connectivity index is 1.67. The summed E-state index contributed by atoms with van der Waals surface area (Å²) in [4.78, 5) is 13.6. The lowest BCUT2D eigenvalue weighted by molar-refractivity contribution is 0.0493. The largest absolute Gasteiger partial charge is 0.478 e. The molecule has 1 N–H and O–H groups in total. The summed E-state index contributed by atoms with van der Waals surface area (Å²) in [5, 5.41) is 9.10. The van der Waals surface area contributed by atoms with Crippen molar-refractivity contribution in [2.45, 2.75) is 51.5 Å². The van der Waals surface area contributed by atoms with E-state index in [2.05, 4.69) is 11.0 Å². The molecule has 0 amide bonds. The third-order valence-electron chi connectivity index (χ3n) is 5.23. The Labute approximate surface area is 127 Å². The molecule has 0 bridgehead atoms. The first kappa shape index (κ1) is 14.6. The topological polar surface area (TPSA) is 40.5 Å². The number of nitrogens with zero attached hydrogens (tertiary/aromatic N) is 1. The maximum atomic E-state index is 11.1. The van der Waals surface area contributed by atoms with Crippen LogP contribution in [-0.4, -0.2) is 29.1 Å². The van der Waals surface area contributed by atoms with Crippen molar-refractivity contribution in [3.8, 4) is 0 Å². The highest BCUT2D eigenvalue weighted by Gasteiger charge is 2.36. The highest BCUT2D eigenvalue weighted by atomic mass is 16.4. The molecule has 114 valence electrons. The van der Waals surface area contributed by atoms with Crippen molar-refractivity contribution in [1.82, 2.24) is 4.90 Å². The molecule has 1 saturated carbocycles. The van der Waals surface area contributed by atoms with Gasteiger partial charge in [0.1, 0.15) is 0 Å². The molecular weight excluding hydrogens is 262 g/mol. The third kappa shape index (κ3) is 3.46. The second kappa shape index (κ2) is 6.18. The molecule has 1 saturated heterocycles. The first-order valence-corrected chi connectivity index (χ1v) is 8.22. The molecule has 3 heteroatoms. The Bertz CT molecular complexity index is 500. The summed E-state index contributed by atoms with van der Waals surface area (Å²) in [6.45, 7) is 3.24. The van der Waals surface area contributed by atoms with E-state index in [4.69, 9.17) is 5.11 Å². The molecule has 1 aliphatic heterocycles. The minimum atomic E-state index is -0.834. The summed E-state index contributed by atoms with van der Waals surface area (Å²) in [5.41, 5.74) is 2.08. The van der Waals surface area contributed by atoms with E-state index in [1.54, 1.807) is 6.07 Å². The fraction of sp³-hybridized carbons (Fsp3) is 0.611. The van der Waals surface area contributed by atoms with E-state index in [1.807, 2.05) is 12.1 Å². The van der Waals surface area contributed by atoms with Crippen LogP contribution >= 0.6 is 0 Å². The van der Waals surface area contributed by atoms with Crippen LogP contribution in [0.4, 0.5) is 0 Å². The predicted molar refractivity (Wildman–Crippen MR) is 83.4 cm³/mol. The molecule has 21 heavy (non-hydrogen) atoms. The lowest BCUT2D eigenvalue weighted by Gasteiger charge is -2.45. The van der Waals surface area contributed by atoms with Crippen molar-refractivity contribution in [3.05, 3.63) is 35.4 Å². The van der Waals surface area contributed by atoms with Gasteiger partial charge in [-0.25, -0.2) is 4.79 Å². The molecule has 0 radical (unpaired) electrons. The average Bonchev–Trinajstić information content (AvgIpc) is 2.48. The molecule has 2 fully saturated rings. The van der Waals surface area contributed by atoms with Crippen molar-refractivity contribution >= 4 is 5.97 Å². The minimum absolute atomic E-state index is 0.400. The van der Waals surface area contributed by atoms with Gasteiger partial charge in [-0.3, -0.25) is 4.90 Å². The zero-order valence-corrected chi connectivity index (χ0v) is 12.7. The monoisotopic (exact) mass is 287 g/mol. The zero-order valence-electron chi connectivity index (χ0n) is 12.7. The van der Waals surface area contributed by atoms with Gasteiger partial charge in [0, 0.05) is 13.1 Å². The number of carboxylic acid groups (broad SMARTS) is 1. The molecule has 2 aliphatic rings. The predicted octanol–water partition coefficient (Wildman–Crippen LogP) is 3.93. The van der Waals surface area contributed by atoms with E-state index in [9.17, 15) is 4.79 Å². The number of carbonyl (C=O) groups is 1. The SMILES string of the molecule is O=C(O)c1cccc(CN2CCCC3(CCCCC3)C2)c1. The average molecular weight is 287 g/mol. The van der Waals surface area contributed by atoms with Gasteiger partial charge in [-0.15, -0.1) is 0 Å². The van der Waals surface area contributed by atoms with E-state index < -0.39 is 5.97 Å². The minimum Gasteiger partial charge on any atom is -0.478 e. The highest BCUT2D eigenvalue weighted by Crippen LogP contribution is 2.43. The van der Waals surface area contributed by atoms with E-state index >= 15 is 0 Å². The number of hydrogen-bond acceptors (Lipinski definition) is 2. The van der Waals surface area contributed by atoms with Gasteiger partial charge in [-0.2, -0.15) is 0 Å². The Morgan fingerprint density at radius 3 is 2.67 bits per heavy atom. The fourth-order valence-electron chi connectivity index (χ4n) is 4.22. The molecule has 1 heterocycles. The molecule has 0 aromatic heterocycles. The molecule has 0 atom stereocenters. The number of carboxylic acids is 1. The fourth-order valence-corrected chi connectivity index (χ4v) is 4.22. The van der Waals surface area contributed by atoms with Crippen LogP contribution in [0.3, 0.4) is 0 Å². The summed E-state index contributed by atoms with van der Waals surface area (Å²) in [5.74, 6) is -0.834. The summed E-state index contributed by atoms with van der Waals surface area (Å²) in [7, 11) is 0. The lowest BCUT2D eigenvalue weighted by atomic mass is 9.69. The second-order valence-electron chi connectivity index (χ2n) is 6.88. The Morgan fingerprint density at radius 1 is 1.14 bits per heavy atom. The molecule has 1 aliphatic carbocycles. The second-order valence-corrected chi connectivity index (χ2v) is 6.88. The van der Waals surface area contributed by atoms with Gasteiger partial charge in [-0.05, 0) is 55.3 Å². The summed E-state index contributed by atoms with van der Waals surface area (Å²) in [6.07, 6.45) is 9.64. The van der Waals surface area contributed by atoms with Gasteiger partial charge < -0.3 is 5.11 Å². The maximum absolute atomic E-state index is 11.1. The van der Waals surface area contributed by atoms with Crippen molar-refractivity contribution in [2.24, 2.45) is 5.41 Å². The van der Waals surface area contributed by atoms with E-state index in [-0.39, 0.29) is 0 Å². The molecular formula is C18H25NO2.